The third-order valence-corrected chi connectivity index (χ3v) is 7.60. The summed E-state index contributed by atoms with van der Waals surface area (Å²) in [6, 6.07) is -0.368. The average Bonchev–Trinajstić information content (AvgIpc) is 3.34. The Morgan fingerprint density at radius 1 is 1.08 bits per heavy atom. The summed E-state index contributed by atoms with van der Waals surface area (Å²) in [6.45, 7) is 13.3. The lowest BCUT2D eigenvalue weighted by Gasteiger charge is -2.33. The highest BCUT2D eigenvalue weighted by atomic mass is 16.5. The van der Waals surface area contributed by atoms with Crippen molar-refractivity contribution in [2.75, 3.05) is 79.5 Å². The average molecular weight is 547 g/mol. The molecule has 3 heterocycles. The summed E-state index contributed by atoms with van der Waals surface area (Å²) in [6.07, 6.45) is 3.12. The Balaban J connectivity index is 1.57. The molecule has 10 nitrogen and oxygen atoms in total. The van der Waals surface area contributed by atoms with Crippen LogP contribution in [0.3, 0.4) is 0 Å². The van der Waals surface area contributed by atoms with E-state index >= 15 is 0 Å². The molecule has 216 valence electrons. The molecule has 0 aromatic heterocycles. The van der Waals surface area contributed by atoms with E-state index in [-0.39, 0.29) is 24.6 Å². The van der Waals surface area contributed by atoms with Gasteiger partial charge in [-0.05, 0) is 39.2 Å². The lowest BCUT2D eigenvalue weighted by Crippen LogP contribution is -2.48. The summed E-state index contributed by atoms with van der Waals surface area (Å²) in [4.78, 5) is 30.1. The third-order valence-electron chi connectivity index (χ3n) is 7.60. The van der Waals surface area contributed by atoms with Gasteiger partial charge in [-0.25, -0.2) is 4.79 Å². The summed E-state index contributed by atoms with van der Waals surface area (Å²) < 4.78 is 33.9. The first-order chi connectivity index (χ1) is 18.9. The number of carbonyl (C=O) groups excluding carboxylic acids is 2. The quantitative estimate of drug-likeness (QED) is 0.287. The van der Waals surface area contributed by atoms with Crippen LogP contribution in [-0.2, 0) is 36.8 Å². The summed E-state index contributed by atoms with van der Waals surface area (Å²) in [7, 11) is 1.64. The minimum Gasteiger partial charge on any atom is -0.496 e. The molecule has 10 heteroatoms. The molecule has 0 N–H and O–H groups in total. The van der Waals surface area contributed by atoms with Gasteiger partial charge in [0.15, 0.2) is 0 Å². The molecule has 1 unspecified atom stereocenters. The number of cyclic esters (lactones) is 1. The van der Waals surface area contributed by atoms with Crippen LogP contribution >= 0.6 is 0 Å². The maximum Gasteiger partial charge on any atom is 0.342 e. The van der Waals surface area contributed by atoms with Crippen LogP contribution < -0.4 is 9.47 Å². The van der Waals surface area contributed by atoms with Crippen molar-refractivity contribution in [1.82, 2.24) is 9.80 Å². The molecule has 2 fully saturated rings. The molecule has 0 radical (unpaired) electrons. The monoisotopic (exact) mass is 546 g/mol. The highest BCUT2D eigenvalue weighted by Crippen LogP contribution is 2.43. The fourth-order valence-electron chi connectivity index (χ4n) is 5.42. The predicted molar refractivity (Wildman–Crippen MR) is 144 cm³/mol. The van der Waals surface area contributed by atoms with E-state index in [1.54, 1.807) is 7.11 Å². The predicted octanol–water partition coefficient (Wildman–Crippen LogP) is 2.53. The Labute approximate surface area is 231 Å². The van der Waals surface area contributed by atoms with Crippen LogP contribution in [0.4, 0.5) is 0 Å². The van der Waals surface area contributed by atoms with Gasteiger partial charge in [0.2, 0.25) is 0 Å². The zero-order valence-corrected chi connectivity index (χ0v) is 23.7. The summed E-state index contributed by atoms with van der Waals surface area (Å²) >= 11 is 0. The van der Waals surface area contributed by atoms with Crippen molar-refractivity contribution in [3.63, 3.8) is 0 Å². The SMILES string of the molecule is CCOC(=O)C(C/C(C)=C/Cc1c(OC)c(C)c2c(c1OCCN1CCOCC1)C(=O)OC2)N1CCOCC1. The first-order valence-electron chi connectivity index (χ1n) is 13.9. The van der Waals surface area contributed by atoms with Gasteiger partial charge in [0.1, 0.15) is 36.3 Å². The molecule has 0 spiro atoms. The van der Waals surface area contributed by atoms with E-state index in [2.05, 4.69) is 15.9 Å². The zero-order valence-electron chi connectivity index (χ0n) is 23.7. The lowest BCUT2D eigenvalue weighted by atomic mass is 9.94. The number of allylic oxidation sites excluding steroid dienone is 1. The van der Waals surface area contributed by atoms with Gasteiger partial charge in [-0.1, -0.05) is 11.6 Å². The lowest BCUT2D eigenvalue weighted by molar-refractivity contribution is -0.151. The Morgan fingerprint density at radius 2 is 1.77 bits per heavy atom. The molecule has 0 aliphatic carbocycles. The highest BCUT2D eigenvalue weighted by Gasteiger charge is 2.33. The van der Waals surface area contributed by atoms with Gasteiger partial charge in [0, 0.05) is 43.9 Å². The number of esters is 2. The summed E-state index contributed by atoms with van der Waals surface area (Å²) in [5, 5.41) is 0. The van der Waals surface area contributed by atoms with Gasteiger partial charge in [-0.15, -0.1) is 0 Å². The van der Waals surface area contributed by atoms with Crippen LogP contribution in [0.25, 0.3) is 0 Å². The van der Waals surface area contributed by atoms with Crippen molar-refractivity contribution >= 4 is 11.9 Å². The van der Waals surface area contributed by atoms with Crippen molar-refractivity contribution in [3.05, 3.63) is 33.9 Å². The maximum atomic E-state index is 12.8. The van der Waals surface area contributed by atoms with Crippen LogP contribution in [0.15, 0.2) is 11.6 Å². The first kappa shape index (κ1) is 29.3. The maximum absolute atomic E-state index is 12.8. The van der Waals surface area contributed by atoms with E-state index in [9.17, 15) is 9.59 Å². The number of morpholine rings is 2. The van der Waals surface area contributed by atoms with Gasteiger partial charge >= 0.3 is 11.9 Å². The number of hydrogen-bond acceptors (Lipinski definition) is 10. The second-order valence-corrected chi connectivity index (χ2v) is 10.1. The third kappa shape index (κ3) is 7.11. The number of fused-ring (bicyclic) bond motifs is 1. The van der Waals surface area contributed by atoms with Gasteiger partial charge < -0.3 is 28.4 Å². The number of carbonyl (C=O) groups is 2. The summed E-state index contributed by atoms with van der Waals surface area (Å²) in [5.74, 6) is 0.650. The molecular formula is C29H42N2O8. The zero-order chi connectivity index (χ0) is 27.8. The molecule has 1 aromatic rings. The van der Waals surface area contributed by atoms with Crippen LogP contribution in [0.5, 0.6) is 11.5 Å². The van der Waals surface area contributed by atoms with E-state index in [1.165, 1.54) is 0 Å². The molecule has 3 aliphatic heterocycles. The topological polar surface area (TPSA) is 96.0 Å². The van der Waals surface area contributed by atoms with E-state index in [0.29, 0.717) is 82.6 Å². The fraction of sp³-hybridized carbons (Fsp3) is 0.655. The molecule has 0 bridgehead atoms. The number of nitrogens with zero attached hydrogens (tertiary/aromatic N) is 2. The van der Waals surface area contributed by atoms with E-state index in [4.69, 9.17) is 28.4 Å². The molecule has 3 aliphatic rings. The Kier molecular flexibility index (Phi) is 10.6. The number of benzene rings is 1. The van der Waals surface area contributed by atoms with Crippen LogP contribution in [0.2, 0.25) is 0 Å². The van der Waals surface area contributed by atoms with Gasteiger partial charge in [0.25, 0.3) is 0 Å². The van der Waals surface area contributed by atoms with Crippen molar-refractivity contribution in [2.24, 2.45) is 0 Å². The van der Waals surface area contributed by atoms with Crippen molar-refractivity contribution < 1.29 is 38.0 Å². The minimum atomic E-state index is -0.368. The number of ether oxygens (including phenoxy) is 6. The van der Waals surface area contributed by atoms with Crippen molar-refractivity contribution in [2.45, 2.75) is 46.3 Å². The van der Waals surface area contributed by atoms with Crippen molar-refractivity contribution in [3.8, 4) is 11.5 Å². The van der Waals surface area contributed by atoms with E-state index in [1.807, 2.05) is 20.8 Å². The Bertz CT molecular complexity index is 1040. The van der Waals surface area contributed by atoms with Gasteiger partial charge in [-0.3, -0.25) is 14.6 Å². The van der Waals surface area contributed by atoms with E-state index < -0.39 is 0 Å². The molecule has 0 amide bonds. The molecule has 39 heavy (non-hydrogen) atoms. The second-order valence-electron chi connectivity index (χ2n) is 10.1. The normalized spacial score (nSPS) is 19.4. The molecule has 2 saturated heterocycles. The smallest absolute Gasteiger partial charge is 0.342 e. The number of rotatable bonds is 12. The van der Waals surface area contributed by atoms with Crippen LogP contribution in [-0.4, -0.2) is 107 Å². The van der Waals surface area contributed by atoms with Crippen LogP contribution in [0, 0.1) is 6.92 Å². The molecule has 0 saturated carbocycles. The Morgan fingerprint density at radius 3 is 2.44 bits per heavy atom. The number of hydrogen-bond donors (Lipinski definition) is 0. The molecule has 1 atom stereocenters. The van der Waals surface area contributed by atoms with Crippen molar-refractivity contribution in [1.29, 1.82) is 0 Å². The Hall–Kier alpha value is -2.66. The largest absolute Gasteiger partial charge is 0.496 e. The fourth-order valence-corrected chi connectivity index (χ4v) is 5.42. The van der Waals surface area contributed by atoms with E-state index in [0.717, 1.165) is 41.9 Å². The molecular weight excluding hydrogens is 504 g/mol. The van der Waals surface area contributed by atoms with Gasteiger partial charge in [-0.2, -0.15) is 0 Å². The van der Waals surface area contributed by atoms with Gasteiger partial charge in [0.05, 0.1) is 40.1 Å². The molecule has 4 rings (SSSR count). The van der Waals surface area contributed by atoms with Crippen LogP contribution in [0.1, 0.15) is 47.3 Å². The highest BCUT2D eigenvalue weighted by molar-refractivity contribution is 5.98. The molecule has 1 aromatic carbocycles. The first-order valence-corrected chi connectivity index (χ1v) is 13.9. The second kappa shape index (κ2) is 14.1. The minimum absolute atomic E-state index is 0.214. The summed E-state index contributed by atoms with van der Waals surface area (Å²) in [5.41, 5.74) is 4.05. The number of methoxy groups -OCH3 is 1. The standard InChI is InChI=1S/C29H42N2O8/c1-5-37-28(32)24(31-11-15-36-16-12-31)18-20(2)6-7-22-26(34-4)21(3)23-19-39-29(33)25(23)27(22)38-17-10-30-8-13-35-14-9-30/h6,24H,5,7-19H2,1-4H3/b20-6+.